The van der Waals surface area contributed by atoms with E-state index in [0.717, 1.165) is 70.8 Å². The maximum atomic E-state index is 13.5. The molecule has 8 nitrogen and oxygen atoms in total. The van der Waals surface area contributed by atoms with Crippen molar-refractivity contribution in [2.45, 2.75) is 71.0 Å². The highest BCUT2D eigenvalue weighted by Crippen LogP contribution is 2.43. The molecule has 6 bridgehead atoms. The lowest BCUT2D eigenvalue weighted by Gasteiger charge is -2.29. The van der Waals surface area contributed by atoms with Gasteiger partial charge in [-0.3, -0.25) is 0 Å². The summed E-state index contributed by atoms with van der Waals surface area (Å²) in [5, 5.41) is 5.17. The van der Waals surface area contributed by atoms with Gasteiger partial charge in [-0.15, -0.1) is 0 Å². The van der Waals surface area contributed by atoms with Crippen LogP contribution < -0.4 is 9.47 Å². The van der Waals surface area contributed by atoms with Crippen LogP contribution in [0.15, 0.2) is 72.8 Å². The van der Waals surface area contributed by atoms with Crippen molar-refractivity contribution in [1.82, 2.24) is 14.6 Å². The van der Waals surface area contributed by atoms with Crippen LogP contribution in [0.5, 0.6) is 11.5 Å². The highest BCUT2D eigenvalue weighted by molar-refractivity contribution is 5.83. The second kappa shape index (κ2) is 12.5. The maximum absolute atomic E-state index is 13.5. The Balaban J connectivity index is 1.50. The number of methoxy groups -OCH3 is 1. The third kappa shape index (κ3) is 6.10. The number of para-hydroxylation sites is 1. The summed E-state index contributed by atoms with van der Waals surface area (Å²) in [5.74, 6) is 1.63. The van der Waals surface area contributed by atoms with Crippen LogP contribution in [0.4, 0.5) is 0 Å². The van der Waals surface area contributed by atoms with Gasteiger partial charge in [0.15, 0.2) is 11.8 Å². The monoisotopic (exact) mass is 631 g/mol. The third-order valence-corrected chi connectivity index (χ3v) is 8.99. The van der Waals surface area contributed by atoms with Gasteiger partial charge >= 0.3 is 5.97 Å². The fourth-order valence-electron chi connectivity index (χ4n) is 6.82. The van der Waals surface area contributed by atoms with Gasteiger partial charge in [0.1, 0.15) is 11.5 Å². The lowest BCUT2D eigenvalue weighted by molar-refractivity contribution is -0.164. The minimum atomic E-state index is -1.01. The lowest BCUT2D eigenvalue weighted by Crippen LogP contribution is -2.30. The van der Waals surface area contributed by atoms with Crippen molar-refractivity contribution in [3.05, 3.63) is 89.6 Å². The normalized spacial score (nSPS) is 16.7. The summed E-state index contributed by atoms with van der Waals surface area (Å²) in [6.45, 7) is 9.06. The molecule has 0 saturated heterocycles. The van der Waals surface area contributed by atoms with Crippen molar-refractivity contribution in [3.8, 4) is 45.1 Å². The van der Waals surface area contributed by atoms with Crippen LogP contribution in [0.2, 0.25) is 0 Å². The average molecular weight is 632 g/mol. The van der Waals surface area contributed by atoms with E-state index in [2.05, 4.69) is 36.4 Å². The van der Waals surface area contributed by atoms with E-state index >= 15 is 0 Å². The Morgan fingerprint density at radius 1 is 0.894 bits per heavy atom. The van der Waals surface area contributed by atoms with Crippen LogP contribution in [-0.4, -0.2) is 46.5 Å². The van der Waals surface area contributed by atoms with Gasteiger partial charge in [-0.2, -0.15) is 5.10 Å². The van der Waals surface area contributed by atoms with Gasteiger partial charge in [-0.1, -0.05) is 36.4 Å². The number of hydrogen-bond acceptors (Lipinski definition) is 7. The summed E-state index contributed by atoms with van der Waals surface area (Å²) in [5.41, 5.74) is 7.99. The molecule has 4 heterocycles. The molecule has 8 heteroatoms. The number of ether oxygens (including phenoxy) is 4. The molecular weight excluding hydrogens is 590 g/mol. The van der Waals surface area contributed by atoms with E-state index in [0.29, 0.717) is 36.0 Å². The predicted molar refractivity (Wildman–Crippen MR) is 182 cm³/mol. The molecule has 47 heavy (non-hydrogen) atoms. The first-order valence-corrected chi connectivity index (χ1v) is 16.5. The second-order valence-electron chi connectivity index (χ2n) is 13.4. The van der Waals surface area contributed by atoms with Crippen molar-refractivity contribution in [1.29, 1.82) is 0 Å². The zero-order chi connectivity index (χ0) is 32.7. The Morgan fingerprint density at radius 3 is 2.53 bits per heavy atom. The number of carbonyl (C=O) groups is 1. The number of nitrogens with zero attached hydrogens (tertiary/aromatic N) is 3. The number of hydrogen-bond donors (Lipinski definition) is 0. The summed E-state index contributed by atoms with van der Waals surface area (Å²) < 4.78 is 26.1. The molecule has 0 fully saturated rings. The van der Waals surface area contributed by atoms with Crippen LogP contribution in [0, 0.1) is 6.92 Å². The molecule has 2 atom stereocenters. The summed E-state index contributed by atoms with van der Waals surface area (Å²) in [6, 6.07) is 24.9. The molecular formula is C39H41N3O5. The Hall–Kier alpha value is -4.69. The van der Waals surface area contributed by atoms with Gasteiger partial charge in [-0.05, 0) is 101 Å². The van der Waals surface area contributed by atoms with E-state index < -0.39 is 17.7 Å². The number of benzene rings is 3. The lowest BCUT2D eigenvalue weighted by atomic mass is 9.86. The number of carbonyl (C=O) groups excluding carboxylic acids is 1. The van der Waals surface area contributed by atoms with Gasteiger partial charge in [0.05, 0.1) is 37.3 Å². The largest absolute Gasteiger partial charge is 0.493 e. The molecule has 0 spiro atoms. The van der Waals surface area contributed by atoms with Crippen molar-refractivity contribution in [2.75, 3.05) is 20.3 Å². The van der Waals surface area contributed by atoms with E-state index in [-0.39, 0.29) is 0 Å². The molecule has 2 aliphatic heterocycles. The standard InChI is InChI=1S/C39H41N3O5/c1-24-35(37(38(43)44-5)47-39(2,3)4)36-28-16-17-33-30(22-28)25(18-20-46-33)11-8-9-19-45-32-15-7-6-14-29(32)26-12-10-13-27(21-26)31-23-34(40-24)42(36)41-31/h6-7,10,12-17,21-23,25,37H,8-9,11,18-20H2,1-5H3. The van der Waals surface area contributed by atoms with E-state index in [1.165, 1.54) is 12.7 Å². The van der Waals surface area contributed by atoms with Crippen LogP contribution in [0.3, 0.4) is 0 Å². The van der Waals surface area contributed by atoms with E-state index in [1.807, 2.05) is 68.6 Å². The molecule has 2 unspecified atom stereocenters. The fourth-order valence-corrected chi connectivity index (χ4v) is 6.82. The Bertz CT molecular complexity index is 1960. The summed E-state index contributed by atoms with van der Waals surface area (Å²) in [6.07, 6.45) is 2.93. The molecule has 242 valence electrons. The molecule has 0 saturated carbocycles. The minimum absolute atomic E-state index is 0.335. The van der Waals surface area contributed by atoms with Crippen molar-refractivity contribution >= 4 is 11.6 Å². The van der Waals surface area contributed by atoms with E-state index in [9.17, 15) is 4.79 Å². The summed E-state index contributed by atoms with van der Waals surface area (Å²) >= 11 is 0. The van der Waals surface area contributed by atoms with Crippen LogP contribution >= 0.6 is 0 Å². The molecule has 0 N–H and O–H groups in total. The minimum Gasteiger partial charge on any atom is -0.493 e. The van der Waals surface area contributed by atoms with Gasteiger partial charge in [-0.25, -0.2) is 14.3 Å². The molecule has 3 aromatic carbocycles. The number of rotatable bonds is 3. The molecule has 7 rings (SSSR count). The van der Waals surface area contributed by atoms with Crippen molar-refractivity contribution in [3.63, 3.8) is 0 Å². The number of fused-ring (bicyclic) bond motifs is 8. The van der Waals surface area contributed by atoms with E-state index in [4.69, 9.17) is 29.0 Å². The Kier molecular flexibility index (Phi) is 8.22. The van der Waals surface area contributed by atoms with Gasteiger partial charge in [0.2, 0.25) is 0 Å². The SMILES string of the molecule is COC(=O)C(OC(C)(C)C)c1c(C)nc2cc3nn2c1-c1ccc2c(c1)C(CCCCOc1ccccc1-c1cccc-3c1)CCO2. The molecule has 2 aromatic heterocycles. The first kappa shape index (κ1) is 30.9. The van der Waals surface area contributed by atoms with Gasteiger partial charge in [0, 0.05) is 34.0 Å². The van der Waals surface area contributed by atoms with E-state index in [1.54, 1.807) is 0 Å². The maximum Gasteiger partial charge on any atom is 0.339 e. The topological polar surface area (TPSA) is 84.2 Å². The summed E-state index contributed by atoms with van der Waals surface area (Å²) in [7, 11) is 1.39. The molecule has 2 aliphatic rings. The van der Waals surface area contributed by atoms with Crippen molar-refractivity contribution in [2.24, 2.45) is 0 Å². The highest BCUT2D eigenvalue weighted by atomic mass is 16.6. The molecule has 0 radical (unpaired) electrons. The Labute approximate surface area is 275 Å². The number of aromatic nitrogens is 3. The van der Waals surface area contributed by atoms with Crippen molar-refractivity contribution < 1.29 is 23.7 Å². The Morgan fingerprint density at radius 2 is 1.70 bits per heavy atom. The number of aryl methyl sites for hydroxylation is 1. The second-order valence-corrected chi connectivity index (χ2v) is 13.4. The van der Waals surface area contributed by atoms with Crippen LogP contribution in [0.25, 0.3) is 39.3 Å². The van der Waals surface area contributed by atoms with Gasteiger partial charge < -0.3 is 18.9 Å². The predicted octanol–water partition coefficient (Wildman–Crippen LogP) is 8.50. The summed E-state index contributed by atoms with van der Waals surface area (Å²) in [4.78, 5) is 18.5. The van der Waals surface area contributed by atoms with Gasteiger partial charge in [0.25, 0.3) is 0 Å². The highest BCUT2D eigenvalue weighted by Gasteiger charge is 2.34. The zero-order valence-corrected chi connectivity index (χ0v) is 27.7. The first-order chi connectivity index (χ1) is 22.7. The number of esters is 1. The zero-order valence-electron chi connectivity index (χ0n) is 27.7. The molecule has 5 aromatic rings. The smallest absolute Gasteiger partial charge is 0.339 e. The molecule has 0 aliphatic carbocycles. The quantitative estimate of drug-likeness (QED) is 0.185. The average Bonchev–Trinajstić information content (AvgIpc) is 3.49. The third-order valence-electron chi connectivity index (χ3n) is 8.99. The molecule has 0 amide bonds. The fraction of sp³-hybridized carbons (Fsp3) is 0.359. The van der Waals surface area contributed by atoms with Crippen LogP contribution in [0.1, 0.15) is 75.3 Å². The van der Waals surface area contributed by atoms with Crippen LogP contribution in [-0.2, 0) is 14.3 Å². The first-order valence-electron chi connectivity index (χ1n) is 16.5.